The summed E-state index contributed by atoms with van der Waals surface area (Å²) in [7, 11) is 1.61. The molecule has 2 N–H and O–H groups in total. The molecule has 17 heavy (non-hydrogen) atoms. The maximum Gasteiger partial charge on any atom is 0.268 e. The van der Waals surface area contributed by atoms with Crippen LogP contribution in [0.3, 0.4) is 0 Å². The summed E-state index contributed by atoms with van der Waals surface area (Å²) in [6.07, 6.45) is 0. The fourth-order valence-electron chi connectivity index (χ4n) is 1.50. The molecular weight excluding hydrogens is 236 g/mol. The second kappa shape index (κ2) is 4.55. The first-order chi connectivity index (χ1) is 8.11. The molecule has 0 bridgehead atoms. The number of primary amides is 1. The fourth-order valence-corrected chi connectivity index (χ4v) is 2.33. The fraction of sp³-hybridized carbons (Fsp3) is 0.167. The molecule has 2 rings (SSSR count). The van der Waals surface area contributed by atoms with Crippen molar-refractivity contribution < 1.29 is 9.53 Å². The molecule has 5 heteroatoms. The van der Waals surface area contributed by atoms with Crippen LogP contribution in [0.2, 0.25) is 0 Å². The molecule has 0 spiro atoms. The van der Waals surface area contributed by atoms with Gasteiger partial charge in [0.25, 0.3) is 5.91 Å². The number of carbonyl (C=O) groups excluding carboxylic acids is 1. The smallest absolute Gasteiger partial charge is 0.268 e. The Hall–Kier alpha value is -1.88. The van der Waals surface area contributed by atoms with Gasteiger partial charge in [-0.3, -0.25) is 4.79 Å². The van der Waals surface area contributed by atoms with Crippen LogP contribution in [0.4, 0.5) is 0 Å². The number of hydrogen-bond acceptors (Lipinski definition) is 4. The highest BCUT2D eigenvalue weighted by molar-refractivity contribution is 7.13. The summed E-state index contributed by atoms with van der Waals surface area (Å²) in [5, 5.41) is 2.39. The summed E-state index contributed by atoms with van der Waals surface area (Å²) in [6.45, 7) is 1.99. The molecule has 0 saturated carbocycles. The molecule has 0 fully saturated rings. The minimum Gasteiger partial charge on any atom is -0.496 e. The van der Waals surface area contributed by atoms with Crippen molar-refractivity contribution in [2.24, 2.45) is 5.73 Å². The van der Waals surface area contributed by atoms with Crippen molar-refractivity contribution in [2.45, 2.75) is 6.92 Å². The predicted octanol–water partition coefficient (Wildman–Crippen LogP) is 2.23. The number of rotatable bonds is 3. The normalized spacial score (nSPS) is 10.2. The molecule has 1 amide bonds. The zero-order valence-corrected chi connectivity index (χ0v) is 10.4. The van der Waals surface area contributed by atoms with Gasteiger partial charge in [0.05, 0.1) is 12.7 Å². The standard InChI is InChI=1S/C12H12N2O2S/c1-7-3-4-10(16-2)8(5-7)12-14-9(6-17-12)11(13)15/h3-6H,1-2H3,(H2,13,15). The van der Waals surface area contributed by atoms with Gasteiger partial charge in [0.2, 0.25) is 0 Å². The summed E-state index contributed by atoms with van der Waals surface area (Å²) in [5.74, 6) is 0.222. The highest BCUT2D eigenvalue weighted by atomic mass is 32.1. The van der Waals surface area contributed by atoms with E-state index in [2.05, 4.69) is 4.98 Å². The van der Waals surface area contributed by atoms with E-state index in [0.29, 0.717) is 0 Å². The molecule has 2 aromatic rings. The second-order valence-electron chi connectivity index (χ2n) is 3.61. The number of thiazole rings is 1. The Morgan fingerprint density at radius 3 is 2.82 bits per heavy atom. The van der Waals surface area contributed by atoms with Gasteiger partial charge < -0.3 is 10.5 Å². The van der Waals surface area contributed by atoms with Gasteiger partial charge in [-0.1, -0.05) is 11.6 Å². The molecule has 1 heterocycles. The van der Waals surface area contributed by atoms with Crippen molar-refractivity contribution in [1.29, 1.82) is 0 Å². The number of benzene rings is 1. The summed E-state index contributed by atoms with van der Waals surface area (Å²) < 4.78 is 5.27. The number of aryl methyl sites for hydroxylation is 1. The van der Waals surface area contributed by atoms with Gasteiger partial charge in [0, 0.05) is 5.38 Å². The van der Waals surface area contributed by atoms with Crippen LogP contribution in [0.15, 0.2) is 23.6 Å². The van der Waals surface area contributed by atoms with Gasteiger partial charge in [0.1, 0.15) is 16.5 Å². The number of aromatic nitrogens is 1. The first kappa shape index (κ1) is 11.6. The van der Waals surface area contributed by atoms with Crippen LogP contribution in [0.25, 0.3) is 10.6 Å². The van der Waals surface area contributed by atoms with E-state index < -0.39 is 5.91 Å². The van der Waals surface area contributed by atoms with E-state index in [1.807, 2.05) is 25.1 Å². The number of ether oxygens (including phenoxy) is 1. The van der Waals surface area contributed by atoms with Gasteiger partial charge in [-0.2, -0.15) is 0 Å². The number of nitrogens with zero attached hydrogens (tertiary/aromatic N) is 1. The largest absolute Gasteiger partial charge is 0.496 e. The van der Waals surface area contributed by atoms with Crippen molar-refractivity contribution in [3.63, 3.8) is 0 Å². The van der Waals surface area contributed by atoms with E-state index in [1.165, 1.54) is 11.3 Å². The van der Waals surface area contributed by atoms with Crippen LogP contribution in [0.5, 0.6) is 5.75 Å². The monoisotopic (exact) mass is 248 g/mol. The quantitative estimate of drug-likeness (QED) is 0.905. The van der Waals surface area contributed by atoms with Crippen LogP contribution in [0.1, 0.15) is 16.1 Å². The Morgan fingerprint density at radius 1 is 1.47 bits per heavy atom. The van der Waals surface area contributed by atoms with Crippen LogP contribution in [-0.4, -0.2) is 18.0 Å². The lowest BCUT2D eigenvalue weighted by Gasteiger charge is -2.06. The third-order valence-electron chi connectivity index (χ3n) is 2.34. The number of carbonyl (C=O) groups is 1. The van der Waals surface area contributed by atoms with E-state index in [1.54, 1.807) is 12.5 Å². The maximum absolute atomic E-state index is 11.0. The number of amides is 1. The van der Waals surface area contributed by atoms with Crippen molar-refractivity contribution in [3.8, 4) is 16.3 Å². The van der Waals surface area contributed by atoms with Crippen LogP contribution in [0, 0.1) is 6.92 Å². The van der Waals surface area contributed by atoms with E-state index in [4.69, 9.17) is 10.5 Å². The lowest BCUT2D eigenvalue weighted by molar-refractivity contribution is 0.0996. The number of nitrogens with two attached hydrogens (primary N) is 1. The van der Waals surface area contributed by atoms with Gasteiger partial charge >= 0.3 is 0 Å². The van der Waals surface area contributed by atoms with Crippen LogP contribution < -0.4 is 10.5 Å². The van der Waals surface area contributed by atoms with Crippen molar-refractivity contribution in [3.05, 3.63) is 34.8 Å². The second-order valence-corrected chi connectivity index (χ2v) is 4.46. The molecule has 1 aromatic carbocycles. The Morgan fingerprint density at radius 2 is 2.24 bits per heavy atom. The van der Waals surface area contributed by atoms with E-state index in [9.17, 15) is 4.79 Å². The molecule has 4 nitrogen and oxygen atoms in total. The number of hydrogen-bond donors (Lipinski definition) is 1. The van der Waals surface area contributed by atoms with Crippen molar-refractivity contribution in [1.82, 2.24) is 4.98 Å². The minimum absolute atomic E-state index is 0.286. The average Bonchev–Trinajstić information content (AvgIpc) is 2.78. The average molecular weight is 248 g/mol. The van der Waals surface area contributed by atoms with Gasteiger partial charge in [-0.15, -0.1) is 11.3 Å². The Labute approximate surface area is 103 Å². The molecule has 88 valence electrons. The molecule has 0 aliphatic carbocycles. The maximum atomic E-state index is 11.0. The van der Waals surface area contributed by atoms with E-state index >= 15 is 0 Å². The number of methoxy groups -OCH3 is 1. The third-order valence-corrected chi connectivity index (χ3v) is 3.22. The summed E-state index contributed by atoms with van der Waals surface area (Å²) in [4.78, 5) is 15.2. The summed E-state index contributed by atoms with van der Waals surface area (Å²) >= 11 is 1.38. The lowest BCUT2D eigenvalue weighted by atomic mass is 10.1. The van der Waals surface area contributed by atoms with Crippen LogP contribution >= 0.6 is 11.3 Å². The highest BCUT2D eigenvalue weighted by Gasteiger charge is 2.12. The first-order valence-electron chi connectivity index (χ1n) is 5.02. The SMILES string of the molecule is COc1ccc(C)cc1-c1nc(C(N)=O)cs1. The summed E-state index contributed by atoms with van der Waals surface area (Å²) in [6, 6.07) is 5.82. The molecule has 1 aromatic heterocycles. The Bertz CT molecular complexity index is 563. The molecular formula is C12H12N2O2S. The van der Waals surface area contributed by atoms with Crippen molar-refractivity contribution in [2.75, 3.05) is 7.11 Å². The topological polar surface area (TPSA) is 65.2 Å². The minimum atomic E-state index is -0.515. The molecule has 0 saturated heterocycles. The van der Waals surface area contributed by atoms with Crippen LogP contribution in [-0.2, 0) is 0 Å². The molecule has 0 aliphatic rings. The molecule has 0 atom stereocenters. The Kier molecular flexibility index (Phi) is 3.10. The third kappa shape index (κ3) is 2.29. The van der Waals surface area contributed by atoms with E-state index in [0.717, 1.165) is 21.9 Å². The Balaban J connectivity index is 2.51. The molecule has 0 unspecified atom stereocenters. The predicted molar refractivity (Wildman–Crippen MR) is 67.4 cm³/mol. The first-order valence-corrected chi connectivity index (χ1v) is 5.90. The lowest BCUT2D eigenvalue weighted by Crippen LogP contribution is -2.10. The van der Waals surface area contributed by atoms with Crippen molar-refractivity contribution >= 4 is 17.2 Å². The molecule has 0 radical (unpaired) electrons. The molecule has 0 aliphatic heterocycles. The zero-order valence-electron chi connectivity index (χ0n) is 9.56. The summed E-state index contributed by atoms with van der Waals surface area (Å²) in [5.41, 5.74) is 7.45. The highest BCUT2D eigenvalue weighted by Crippen LogP contribution is 2.32. The van der Waals surface area contributed by atoms with E-state index in [-0.39, 0.29) is 5.69 Å². The zero-order chi connectivity index (χ0) is 12.4. The van der Waals surface area contributed by atoms with Gasteiger partial charge in [-0.05, 0) is 19.1 Å². The van der Waals surface area contributed by atoms with Gasteiger partial charge in [-0.25, -0.2) is 4.98 Å². The van der Waals surface area contributed by atoms with Gasteiger partial charge in [0.15, 0.2) is 0 Å².